The Morgan fingerprint density at radius 3 is 2.18 bits per heavy atom. The molecule has 0 bridgehead atoms. The van der Waals surface area contributed by atoms with E-state index in [1.807, 2.05) is 34.6 Å². The van der Waals surface area contributed by atoms with E-state index in [-0.39, 0.29) is 35.7 Å². The molecule has 1 saturated carbocycles. The van der Waals surface area contributed by atoms with E-state index in [4.69, 9.17) is 4.74 Å². The van der Waals surface area contributed by atoms with Crippen molar-refractivity contribution >= 4 is 23.8 Å². The molecule has 1 aliphatic heterocycles. The minimum atomic E-state index is -0.886. The fraction of sp³-hybridized carbons (Fsp3) is 0.833. The second-order valence-electron chi connectivity index (χ2n) is 10.9. The van der Waals surface area contributed by atoms with Gasteiger partial charge in [0.05, 0.1) is 13.2 Å². The number of nitrogens with zero attached hydrogens (tertiary/aromatic N) is 1. The van der Waals surface area contributed by atoms with E-state index in [2.05, 4.69) is 16.0 Å². The molecule has 0 radical (unpaired) electrons. The molecule has 0 aromatic heterocycles. The molecule has 1 aliphatic carbocycles. The Balaban J connectivity index is 2.17. The van der Waals surface area contributed by atoms with Gasteiger partial charge in [0.2, 0.25) is 11.8 Å². The first-order valence-corrected chi connectivity index (χ1v) is 12.2. The third-order valence-electron chi connectivity index (χ3n) is 6.34. The summed E-state index contributed by atoms with van der Waals surface area (Å²) in [4.78, 5) is 52.8. The molecule has 1 heterocycles. The number of carbonyl (C=O) groups excluding carboxylic acids is 4. The third kappa shape index (κ3) is 7.89. The third-order valence-corrected chi connectivity index (χ3v) is 6.34. The molecule has 0 spiro atoms. The van der Waals surface area contributed by atoms with Crippen LogP contribution in [0.4, 0.5) is 4.79 Å². The summed E-state index contributed by atoms with van der Waals surface area (Å²) in [6, 6.07) is -2.44. The predicted octanol–water partition coefficient (Wildman–Crippen LogP) is 2.34. The van der Waals surface area contributed by atoms with Crippen LogP contribution in [0.2, 0.25) is 0 Å². The molecule has 1 saturated heterocycles. The molecule has 3 N–H and O–H groups in total. The van der Waals surface area contributed by atoms with E-state index in [0.29, 0.717) is 13.0 Å². The molecule has 2 rings (SSSR count). The number of carbonyl (C=O) groups is 4. The Morgan fingerprint density at radius 1 is 1.00 bits per heavy atom. The molecule has 3 atom stereocenters. The van der Waals surface area contributed by atoms with Crippen molar-refractivity contribution in [2.45, 2.75) is 104 Å². The number of amides is 4. The number of hydrogen-bond acceptors (Lipinski definition) is 5. The number of methoxy groups -OCH3 is 1. The van der Waals surface area contributed by atoms with Crippen LogP contribution >= 0.6 is 0 Å². The van der Waals surface area contributed by atoms with Crippen molar-refractivity contribution in [3.05, 3.63) is 0 Å². The fourth-order valence-electron chi connectivity index (χ4n) is 4.61. The molecule has 0 aromatic rings. The van der Waals surface area contributed by atoms with Crippen LogP contribution in [0, 0.1) is 11.3 Å². The molecule has 33 heavy (non-hydrogen) atoms. The minimum absolute atomic E-state index is 0.135. The maximum Gasteiger partial charge on any atom is 0.328 e. The summed E-state index contributed by atoms with van der Waals surface area (Å²) in [5.74, 6) is -1.33. The van der Waals surface area contributed by atoms with Gasteiger partial charge in [-0.05, 0) is 30.6 Å². The average Bonchev–Trinajstić information content (AvgIpc) is 3.14. The Kier molecular flexibility index (Phi) is 9.55. The van der Waals surface area contributed by atoms with Crippen molar-refractivity contribution in [2.75, 3.05) is 13.7 Å². The second-order valence-corrected chi connectivity index (χ2v) is 10.9. The highest BCUT2D eigenvalue weighted by atomic mass is 16.5. The molecule has 9 heteroatoms. The summed E-state index contributed by atoms with van der Waals surface area (Å²) in [6.07, 6.45) is 6.03. The number of hydrogen-bond donors (Lipinski definition) is 3. The summed E-state index contributed by atoms with van der Waals surface area (Å²) in [7, 11) is 1.28. The molecular weight excluding hydrogens is 424 g/mol. The van der Waals surface area contributed by atoms with Crippen LogP contribution in [0.15, 0.2) is 0 Å². The largest absolute Gasteiger partial charge is 0.467 e. The maximum absolute atomic E-state index is 13.4. The van der Waals surface area contributed by atoms with Crippen LogP contribution in [0.25, 0.3) is 0 Å². The van der Waals surface area contributed by atoms with Crippen LogP contribution in [-0.2, 0) is 19.1 Å². The second kappa shape index (κ2) is 11.7. The molecule has 2 fully saturated rings. The Hall–Kier alpha value is -2.32. The number of ether oxygens (including phenoxy) is 1. The molecular formula is C24H42N4O5. The lowest BCUT2D eigenvalue weighted by molar-refractivity contribution is -0.147. The van der Waals surface area contributed by atoms with Gasteiger partial charge in [0, 0.05) is 19.0 Å². The standard InChI is InChI=1S/C24H42N4O5/c1-15(2)19(22(31)33-6)27-21(30)20-17(12-13-28(20)18(29)14-24(3,4)5)26-23(32)25-16-10-8-7-9-11-16/h15-17,19-20H,7-14H2,1-6H3,(H,27,30)(H2,25,26,32). The van der Waals surface area contributed by atoms with E-state index in [1.54, 1.807) is 4.90 Å². The SMILES string of the molecule is COC(=O)C(NC(=O)C1C(NC(=O)NC2CCCCC2)CCN1C(=O)CC(C)(C)C)C(C)C. The quantitative estimate of drug-likeness (QED) is 0.498. The minimum Gasteiger partial charge on any atom is -0.467 e. The lowest BCUT2D eigenvalue weighted by Crippen LogP contribution is -2.59. The molecule has 4 amide bonds. The number of esters is 1. The average molecular weight is 467 g/mol. The Morgan fingerprint density at radius 2 is 1.64 bits per heavy atom. The lowest BCUT2D eigenvalue weighted by Gasteiger charge is -2.32. The van der Waals surface area contributed by atoms with E-state index in [0.717, 1.165) is 25.7 Å². The van der Waals surface area contributed by atoms with Crippen molar-refractivity contribution in [2.24, 2.45) is 11.3 Å². The van der Waals surface area contributed by atoms with Crippen LogP contribution in [0.1, 0.15) is 79.6 Å². The van der Waals surface area contributed by atoms with Crippen LogP contribution in [0.3, 0.4) is 0 Å². The topological polar surface area (TPSA) is 117 Å². The monoisotopic (exact) mass is 466 g/mol. The van der Waals surface area contributed by atoms with Crippen LogP contribution < -0.4 is 16.0 Å². The van der Waals surface area contributed by atoms with E-state index >= 15 is 0 Å². The van der Waals surface area contributed by atoms with Gasteiger partial charge in [-0.25, -0.2) is 9.59 Å². The molecule has 3 unspecified atom stereocenters. The van der Waals surface area contributed by atoms with Gasteiger partial charge in [-0.3, -0.25) is 9.59 Å². The normalized spacial score (nSPS) is 22.6. The zero-order valence-corrected chi connectivity index (χ0v) is 21.0. The Bertz CT molecular complexity index is 712. The van der Waals surface area contributed by atoms with Crippen molar-refractivity contribution in [3.63, 3.8) is 0 Å². The first kappa shape index (κ1) is 26.9. The highest BCUT2D eigenvalue weighted by Gasteiger charge is 2.44. The highest BCUT2D eigenvalue weighted by Crippen LogP contribution is 2.26. The van der Waals surface area contributed by atoms with Gasteiger partial charge in [0.15, 0.2) is 0 Å². The zero-order valence-electron chi connectivity index (χ0n) is 21.0. The summed E-state index contributed by atoms with van der Waals surface area (Å²) < 4.78 is 4.84. The van der Waals surface area contributed by atoms with E-state index < -0.39 is 30.0 Å². The molecule has 9 nitrogen and oxygen atoms in total. The summed E-state index contributed by atoms with van der Waals surface area (Å²) >= 11 is 0. The van der Waals surface area contributed by atoms with Gasteiger partial charge >= 0.3 is 12.0 Å². The number of urea groups is 1. The molecule has 2 aliphatic rings. The first-order chi connectivity index (χ1) is 15.4. The van der Waals surface area contributed by atoms with Crippen LogP contribution in [0.5, 0.6) is 0 Å². The lowest BCUT2D eigenvalue weighted by atomic mass is 9.91. The zero-order chi connectivity index (χ0) is 24.8. The van der Waals surface area contributed by atoms with Crippen molar-refractivity contribution < 1.29 is 23.9 Å². The highest BCUT2D eigenvalue weighted by molar-refractivity contribution is 5.92. The number of likely N-dealkylation sites (tertiary alicyclic amines) is 1. The summed E-state index contributed by atoms with van der Waals surface area (Å²) in [5, 5.41) is 8.71. The molecule has 188 valence electrons. The van der Waals surface area contributed by atoms with E-state index in [9.17, 15) is 19.2 Å². The van der Waals surface area contributed by atoms with Gasteiger partial charge in [0.25, 0.3) is 0 Å². The number of nitrogens with one attached hydrogen (secondary N) is 3. The van der Waals surface area contributed by atoms with Gasteiger partial charge < -0.3 is 25.6 Å². The van der Waals surface area contributed by atoms with Gasteiger partial charge in [-0.15, -0.1) is 0 Å². The first-order valence-electron chi connectivity index (χ1n) is 12.2. The maximum atomic E-state index is 13.4. The fourth-order valence-corrected chi connectivity index (χ4v) is 4.61. The molecule has 0 aromatic carbocycles. The van der Waals surface area contributed by atoms with Crippen molar-refractivity contribution in [1.29, 1.82) is 0 Å². The summed E-state index contributed by atoms with van der Waals surface area (Å²) in [5.41, 5.74) is -0.242. The summed E-state index contributed by atoms with van der Waals surface area (Å²) in [6.45, 7) is 9.89. The van der Waals surface area contributed by atoms with Crippen molar-refractivity contribution in [3.8, 4) is 0 Å². The van der Waals surface area contributed by atoms with Crippen LogP contribution in [-0.4, -0.2) is 66.5 Å². The smallest absolute Gasteiger partial charge is 0.328 e. The Labute approximate surface area is 197 Å². The number of rotatable bonds is 7. The van der Waals surface area contributed by atoms with Gasteiger partial charge in [-0.1, -0.05) is 53.9 Å². The van der Waals surface area contributed by atoms with E-state index in [1.165, 1.54) is 13.5 Å². The van der Waals surface area contributed by atoms with Gasteiger partial charge in [-0.2, -0.15) is 0 Å². The van der Waals surface area contributed by atoms with Crippen molar-refractivity contribution in [1.82, 2.24) is 20.9 Å². The van der Waals surface area contributed by atoms with Gasteiger partial charge in [0.1, 0.15) is 12.1 Å². The predicted molar refractivity (Wildman–Crippen MR) is 125 cm³/mol.